The minimum absolute atomic E-state index is 0.615. The van der Waals surface area contributed by atoms with Crippen LogP contribution >= 0.6 is 0 Å². The first kappa shape index (κ1) is 10.3. The lowest BCUT2D eigenvalue weighted by atomic mass is 9.95. The normalized spacial score (nSPS) is 10.2. The van der Waals surface area contributed by atoms with E-state index in [1.807, 2.05) is 24.3 Å². The standard InChI is InChI=1S/C10H13BO2/c1-12-6-7-13-8-9-2-4-10(11)5-3-9/h2-5H,6-8H2,1H3. The third kappa shape index (κ3) is 4.11. The predicted octanol–water partition coefficient (Wildman–Crippen LogP) is 0.643. The van der Waals surface area contributed by atoms with Crippen LogP contribution in [-0.4, -0.2) is 28.2 Å². The van der Waals surface area contributed by atoms with E-state index < -0.39 is 0 Å². The topological polar surface area (TPSA) is 18.5 Å². The van der Waals surface area contributed by atoms with E-state index in [9.17, 15) is 0 Å². The molecule has 0 spiro atoms. The minimum Gasteiger partial charge on any atom is -0.382 e. The Morgan fingerprint density at radius 2 is 1.85 bits per heavy atom. The van der Waals surface area contributed by atoms with Crippen LogP contribution in [0.1, 0.15) is 5.56 Å². The summed E-state index contributed by atoms with van der Waals surface area (Å²) in [5.41, 5.74) is 1.91. The second-order valence-electron chi connectivity index (χ2n) is 2.79. The van der Waals surface area contributed by atoms with E-state index in [4.69, 9.17) is 17.3 Å². The van der Waals surface area contributed by atoms with Crippen LogP contribution in [0.25, 0.3) is 0 Å². The quantitative estimate of drug-likeness (QED) is 0.484. The highest BCUT2D eigenvalue weighted by molar-refractivity contribution is 6.32. The first-order chi connectivity index (χ1) is 6.33. The molecule has 1 rings (SSSR count). The molecule has 2 radical (unpaired) electrons. The molecular formula is C10H13BO2. The Kier molecular flexibility index (Phi) is 4.58. The number of hydrogen-bond donors (Lipinski definition) is 0. The smallest absolute Gasteiger partial charge is 0.113 e. The van der Waals surface area contributed by atoms with Gasteiger partial charge < -0.3 is 9.47 Å². The van der Waals surface area contributed by atoms with Gasteiger partial charge in [-0.15, -0.1) is 0 Å². The summed E-state index contributed by atoms with van der Waals surface area (Å²) in [6.07, 6.45) is 0. The fraction of sp³-hybridized carbons (Fsp3) is 0.400. The van der Waals surface area contributed by atoms with Crippen molar-refractivity contribution >= 4 is 13.3 Å². The molecule has 0 saturated heterocycles. The molecular weight excluding hydrogens is 163 g/mol. The molecule has 0 N–H and O–H groups in total. The van der Waals surface area contributed by atoms with Crippen molar-refractivity contribution in [3.8, 4) is 0 Å². The molecule has 0 heterocycles. The zero-order valence-corrected chi connectivity index (χ0v) is 7.82. The second-order valence-corrected chi connectivity index (χ2v) is 2.79. The second kappa shape index (κ2) is 5.78. The van der Waals surface area contributed by atoms with Gasteiger partial charge in [-0.05, 0) is 5.56 Å². The van der Waals surface area contributed by atoms with Gasteiger partial charge >= 0.3 is 0 Å². The summed E-state index contributed by atoms with van der Waals surface area (Å²) in [6.45, 7) is 1.87. The third-order valence-corrected chi connectivity index (χ3v) is 1.68. The van der Waals surface area contributed by atoms with E-state index in [0.717, 1.165) is 11.0 Å². The molecule has 0 saturated carbocycles. The third-order valence-electron chi connectivity index (χ3n) is 1.68. The minimum atomic E-state index is 0.615. The first-order valence-corrected chi connectivity index (χ1v) is 4.24. The molecule has 0 amide bonds. The number of rotatable bonds is 5. The van der Waals surface area contributed by atoms with Crippen molar-refractivity contribution in [3.63, 3.8) is 0 Å². The number of hydrogen-bond acceptors (Lipinski definition) is 2. The van der Waals surface area contributed by atoms with Gasteiger partial charge in [-0.2, -0.15) is 0 Å². The zero-order chi connectivity index (χ0) is 9.52. The molecule has 2 nitrogen and oxygen atoms in total. The lowest BCUT2D eigenvalue weighted by molar-refractivity contribution is 0.0617. The molecule has 0 fully saturated rings. The lowest BCUT2D eigenvalue weighted by Gasteiger charge is -2.03. The van der Waals surface area contributed by atoms with Gasteiger partial charge in [0.2, 0.25) is 0 Å². The van der Waals surface area contributed by atoms with Gasteiger partial charge in [-0.25, -0.2) is 0 Å². The van der Waals surface area contributed by atoms with Crippen LogP contribution in [0.5, 0.6) is 0 Å². The molecule has 0 atom stereocenters. The van der Waals surface area contributed by atoms with Crippen LogP contribution in [0.2, 0.25) is 0 Å². The molecule has 1 aromatic rings. The van der Waals surface area contributed by atoms with Crippen molar-refractivity contribution in [3.05, 3.63) is 29.8 Å². The van der Waals surface area contributed by atoms with E-state index in [0.29, 0.717) is 19.8 Å². The van der Waals surface area contributed by atoms with Crippen LogP contribution in [0.3, 0.4) is 0 Å². The maximum Gasteiger partial charge on any atom is 0.113 e. The summed E-state index contributed by atoms with van der Waals surface area (Å²) in [6, 6.07) is 7.66. The molecule has 68 valence electrons. The van der Waals surface area contributed by atoms with Crippen molar-refractivity contribution < 1.29 is 9.47 Å². The van der Waals surface area contributed by atoms with Crippen molar-refractivity contribution in [2.24, 2.45) is 0 Å². The largest absolute Gasteiger partial charge is 0.382 e. The average molecular weight is 176 g/mol. The van der Waals surface area contributed by atoms with E-state index >= 15 is 0 Å². The Balaban J connectivity index is 2.25. The van der Waals surface area contributed by atoms with Crippen molar-refractivity contribution in [1.29, 1.82) is 0 Å². The van der Waals surface area contributed by atoms with E-state index in [1.54, 1.807) is 7.11 Å². The maximum absolute atomic E-state index is 5.54. The number of ether oxygens (including phenoxy) is 2. The van der Waals surface area contributed by atoms with E-state index in [2.05, 4.69) is 0 Å². The summed E-state index contributed by atoms with van der Waals surface area (Å²) in [5.74, 6) is 0. The number of benzene rings is 1. The van der Waals surface area contributed by atoms with Crippen LogP contribution in [0.15, 0.2) is 24.3 Å². The first-order valence-electron chi connectivity index (χ1n) is 4.24. The molecule has 0 aliphatic heterocycles. The van der Waals surface area contributed by atoms with Crippen molar-refractivity contribution in [1.82, 2.24) is 0 Å². The van der Waals surface area contributed by atoms with Crippen LogP contribution in [0.4, 0.5) is 0 Å². The van der Waals surface area contributed by atoms with Crippen molar-refractivity contribution in [2.75, 3.05) is 20.3 Å². The fourth-order valence-corrected chi connectivity index (χ4v) is 0.946. The fourth-order valence-electron chi connectivity index (χ4n) is 0.946. The van der Waals surface area contributed by atoms with Gasteiger partial charge in [0, 0.05) is 7.11 Å². The van der Waals surface area contributed by atoms with Gasteiger partial charge in [-0.1, -0.05) is 29.7 Å². The Hall–Kier alpha value is -0.795. The lowest BCUT2D eigenvalue weighted by Crippen LogP contribution is -2.04. The predicted molar refractivity (Wildman–Crippen MR) is 53.4 cm³/mol. The SMILES string of the molecule is [B]c1ccc(COCCOC)cc1. The van der Waals surface area contributed by atoms with Crippen LogP contribution in [0, 0.1) is 0 Å². The highest BCUT2D eigenvalue weighted by Gasteiger charge is 1.91. The molecule has 13 heavy (non-hydrogen) atoms. The molecule has 0 aliphatic rings. The Bertz CT molecular complexity index is 233. The van der Waals surface area contributed by atoms with Gasteiger partial charge in [0.1, 0.15) is 7.85 Å². The van der Waals surface area contributed by atoms with Crippen molar-refractivity contribution in [2.45, 2.75) is 6.61 Å². The summed E-state index contributed by atoms with van der Waals surface area (Å²) < 4.78 is 10.2. The van der Waals surface area contributed by atoms with Gasteiger partial charge in [0.25, 0.3) is 0 Å². The molecule has 0 aromatic heterocycles. The highest BCUT2D eigenvalue weighted by atomic mass is 16.5. The molecule has 0 aliphatic carbocycles. The monoisotopic (exact) mass is 176 g/mol. The molecule has 1 aromatic carbocycles. The summed E-state index contributed by atoms with van der Waals surface area (Å²) in [4.78, 5) is 0. The number of methoxy groups -OCH3 is 1. The Morgan fingerprint density at radius 1 is 1.15 bits per heavy atom. The summed E-state index contributed by atoms with van der Waals surface area (Å²) in [7, 11) is 7.20. The zero-order valence-electron chi connectivity index (χ0n) is 7.82. The van der Waals surface area contributed by atoms with Gasteiger partial charge in [0.05, 0.1) is 19.8 Å². The van der Waals surface area contributed by atoms with Gasteiger partial charge in [-0.3, -0.25) is 0 Å². The van der Waals surface area contributed by atoms with Crippen LogP contribution in [-0.2, 0) is 16.1 Å². The molecule has 0 unspecified atom stereocenters. The van der Waals surface area contributed by atoms with E-state index in [1.165, 1.54) is 0 Å². The maximum atomic E-state index is 5.54. The Morgan fingerprint density at radius 3 is 2.46 bits per heavy atom. The summed E-state index contributed by atoms with van der Waals surface area (Å²) in [5, 5.41) is 0. The van der Waals surface area contributed by atoms with Gasteiger partial charge in [0.15, 0.2) is 0 Å². The molecule has 3 heteroatoms. The highest BCUT2D eigenvalue weighted by Crippen LogP contribution is 1.98. The molecule has 0 bridgehead atoms. The van der Waals surface area contributed by atoms with E-state index in [-0.39, 0.29) is 0 Å². The summed E-state index contributed by atoms with van der Waals surface area (Å²) >= 11 is 0. The Labute approximate surface area is 80.3 Å². The van der Waals surface area contributed by atoms with Crippen LogP contribution < -0.4 is 5.46 Å². The average Bonchev–Trinajstić information content (AvgIpc) is 2.15.